The SMILES string of the molecule is CCCCCN(Cc1cc(C)c(C(=O)NN)o1)C(C)C. The molecule has 0 unspecified atom stereocenters. The number of nitrogens with zero attached hydrogens (tertiary/aromatic N) is 1. The summed E-state index contributed by atoms with van der Waals surface area (Å²) in [5.41, 5.74) is 2.93. The van der Waals surface area contributed by atoms with Crippen molar-refractivity contribution < 1.29 is 9.21 Å². The molecular formula is C15H27N3O2. The van der Waals surface area contributed by atoms with Crippen LogP contribution >= 0.6 is 0 Å². The van der Waals surface area contributed by atoms with E-state index in [1.165, 1.54) is 19.3 Å². The summed E-state index contributed by atoms with van der Waals surface area (Å²) in [6.45, 7) is 10.2. The maximum Gasteiger partial charge on any atom is 0.301 e. The molecule has 0 atom stereocenters. The lowest BCUT2D eigenvalue weighted by molar-refractivity contribution is 0.0920. The first-order chi connectivity index (χ1) is 9.49. The number of hydrogen-bond acceptors (Lipinski definition) is 4. The van der Waals surface area contributed by atoms with Gasteiger partial charge in [0.25, 0.3) is 0 Å². The summed E-state index contributed by atoms with van der Waals surface area (Å²) < 4.78 is 5.62. The molecule has 20 heavy (non-hydrogen) atoms. The first kappa shape index (κ1) is 16.7. The lowest BCUT2D eigenvalue weighted by Gasteiger charge is -2.25. The summed E-state index contributed by atoms with van der Waals surface area (Å²) in [7, 11) is 0. The van der Waals surface area contributed by atoms with Gasteiger partial charge in [-0.3, -0.25) is 15.1 Å². The molecule has 1 amide bonds. The van der Waals surface area contributed by atoms with E-state index >= 15 is 0 Å². The molecule has 5 nitrogen and oxygen atoms in total. The van der Waals surface area contributed by atoms with Crippen molar-refractivity contribution in [2.45, 2.75) is 59.5 Å². The number of furan rings is 1. The molecule has 114 valence electrons. The number of hydrogen-bond donors (Lipinski definition) is 2. The summed E-state index contributed by atoms with van der Waals surface area (Å²) >= 11 is 0. The molecule has 1 aromatic rings. The third-order valence-corrected chi connectivity index (χ3v) is 3.44. The van der Waals surface area contributed by atoms with Crippen molar-refractivity contribution in [1.82, 2.24) is 10.3 Å². The van der Waals surface area contributed by atoms with Crippen molar-refractivity contribution in [1.29, 1.82) is 0 Å². The molecule has 0 saturated heterocycles. The Balaban J connectivity index is 2.71. The lowest BCUT2D eigenvalue weighted by Crippen LogP contribution is -2.31. The zero-order valence-corrected chi connectivity index (χ0v) is 13.0. The molecule has 0 saturated carbocycles. The molecule has 0 aromatic carbocycles. The number of carbonyl (C=O) groups is 1. The average Bonchev–Trinajstić information content (AvgIpc) is 2.77. The quantitative estimate of drug-likeness (QED) is 0.332. The second-order valence-electron chi connectivity index (χ2n) is 5.47. The molecule has 0 spiro atoms. The maximum atomic E-state index is 11.5. The number of aryl methyl sites for hydroxylation is 1. The van der Waals surface area contributed by atoms with Gasteiger partial charge in [-0.15, -0.1) is 0 Å². The van der Waals surface area contributed by atoms with Crippen molar-refractivity contribution in [3.8, 4) is 0 Å². The zero-order valence-electron chi connectivity index (χ0n) is 13.0. The van der Waals surface area contributed by atoms with Gasteiger partial charge in [-0.2, -0.15) is 0 Å². The molecule has 0 aliphatic carbocycles. The van der Waals surface area contributed by atoms with Gasteiger partial charge in [-0.1, -0.05) is 19.8 Å². The highest BCUT2D eigenvalue weighted by Gasteiger charge is 2.17. The fourth-order valence-corrected chi connectivity index (χ4v) is 2.20. The second kappa shape index (κ2) is 8.07. The van der Waals surface area contributed by atoms with Crippen LogP contribution in [-0.2, 0) is 6.54 Å². The number of hydrazine groups is 1. The molecule has 3 N–H and O–H groups in total. The van der Waals surface area contributed by atoms with Crippen LogP contribution in [0.15, 0.2) is 10.5 Å². The van der Waals surface area contributed by atoms with E-state index in [0.29, 0.717) is 11.8 Å². The summed E-state index contributed by atoms with van der Waals surface area (Å²) in [6.07, 6.45) is 3.64. The fourth-order valence-electron chi connectivity index (χ4n) is 2.20. The van der Waals surface area contributed by atoms with Gasteiger partial charge >= 0.3 is 5.91 Å². The highest BCUT2D eigenvalue weighted by molar-refractivity contribution is 5.92. The van der Waals surface area contributed by atoms with E-state index in [1.807, 2.05) is 13.0 Å². The van der Waals surface area contributed by atoms with E-state index in [1.54, 1.807) is 0 Å². The van der Waals surface area contributed by atoms with E-state index in [0.717, 1.165) is 24.4 Å². The minimum Gasteiger partial charge on any atom is -0.454 e. The second-order valence-corrected chi connectivity index (χ2v) is 5.47. The largest absolute Gasteiger partial charge is 0.454 e. The number of rotatable bonds is 8. The third-order valence-electron chi connectivity index (χ3n) is 3.44. The molecule has 0 fully saturated rings. The highest BCUT2D eigenvalue weighted by Crippen LogP contribution is 2.17. The van der Waals surface area contributed by atoms with Gasteiger partial charge in [0.05, 0.1) is 6.54 Å². The van der Waals surface area contributed by atoms with Gasteiger partial charge in [-0.05, 0) is 39.8 Å². The van der Waals surface area contributed by atoms with Crippen LogP contribution in [0.2, 0.25) is 0 Å². The van der Waals surface area contributed by atoms with E-state index in [9.17, 15) is 4.79 Å². The molecule has 5 heteroatoms. The van der Waals surface area contributed by atoms with Crippen LogP contribution < -0.4 is 11.3 Å². The summed E-state index contributed by atoms with van der Waals surface area (Å²) in [5, 5.41) is 0. The Morgan fingerprint density at radius 1 is 1.45 bits per heavy atom. The highest BCUT2D eigenvalue weighted by atomic mass is 16.4. The van der Waals surface area contributed by atoms with Crippen LogP contribution in [-0.4, -0.2) is 23.4 Å². The predicted octanol–water partition coefficient (Wildman–Crippen LogP) is 2.59. The Kier molecular flexibility index (Phi) is 6.75. The lowest BCUT2D eigenvalue weighted by atomic mass is 10.2. The zero-order chi connectivity index (χ0) is 15.1. The smallest absolute Gasteiger partial charge is 0.301 e. The molecule has 1 aromatic heterocycles. The van der Waals surface area contributed by atoms with Gasteiger partial charge in [-0.25, -0.2) is 5.84 Å². The number of amides is 1. The van der Waals surface area contributed by atoms with Crippen molar-refractivity contribution in [3.63, 3.8) is 0 Å². The molecule has 0 radical (unpaired) electrons. The molecule has 0 aliphatic heterocycles. The number of nitrogens with two attached hydrogens (primary N) is 1. The van der Waals surface area contributed by atoms with Gasteiger partial charge in [0, 0.05) is 11.6 Å². The molecule has 1 heterocycles. The van der Waals surface area contributed by atoms with Gasteiger partial charge in [0.1, 0.15) is 5.76 Å². The minimum absolute atomic E-state index is 0.305. The van der Waals surface area contributed by atoms with Crippen LogP contribution in [0.1, 0.15) is 61.9 Å². The van der Waals surface area contributed by atoms with Gasteiger partial charge < -0.3 is 4.42 Å². The van der Waals surface area contributed by atoms with E-state index in [-0.39, 0.29) is 5.91 Å². The van der Waals surface area contributed by atoms with Gasteiger partial charge in [0.15, 0.2) is 5.76 Å². The van der Waals surface area contributed by atoms with E-state index in [4.69, 9.17) is 10.3 Å². The van der Waals surface area contributed by atoms with Crippen LogP contribution in [0.5, 0.6) is 0 Å². The Morgan fingerprint density at radius 3 is 2.70 bits per heavy atom. The monoisotopic (exact) mass is 281 g/mol. The molecule has 0 bridgehead atoms. The Labute approximate surface area is 121 Å². The van der Waals surface area contributed by atoms with Crippen LogP contribution in [0.25, 0.3) is 0 Å². The third kappa shape index (κ3) is 4.65. The van der Waals surface area contributed by atoms with Crippen LogP contribution in [0.3, 0.4) is 0 Å². The molecule has 0 aliphatic rings. The van der Waals surface area contributed by atoms with Crippen molar-refractivity contribution >= 4 is 5.91 Å². The van der Waals surface area contributed by atoms with Crippen molar-refractivity contribution in [2.75, 3.05) is 6.54 Å². The normalized spacial score (nSPS) is 11.3. The molecular weight excluding hydrogens is 254 g/mol. The first-order valence-corrected chi connectivity index (χ1v) is 7.33. The Bertz CT molecular complexity index is 427. The summed E-state index contributed by atoms with van der Waals surface area (Å²) in [4.78, 5) is 13.9. The average molecular weight is 281 g/mol. The predicted molar refractivity (Wildman–Crippen MR) is 80.2 cm³/mol. The standard InChI is InChI=1S/C15H27N3O2/c1-5-6-7-8-18(11(2)3)10-13-9-12(4)14(20-13)15(19)17-16/h9,11H,5-8,10,16H2,1-4H3,(H,17,19). The molecule has 1 rings (SSSR count). The summed E-state index contributed by atoms with van der Waals surface area (Å²) in [6, 6.07) is 2.36. The Hall–Kier alpha value is -1.33. The Morgan fingerprint density at radius 2 is 2.15 bits per heavy atom. The van der Waals surface area contributed by atoms with Crippen LogP contribution in [0, 0.1) is 6.92 Å². The topological polar surface area (TPSA) is 71.5 Å². The number of nitrogen functional groups attached to an aromatic ring is 1. The van der Waals surface area contributed by atoms with E-state index < -0.39 is 0 Å². The maximum absolute atomic E-state index is 11.5. The number of unbranched alkanes of at least 4 members (excludes halogenated alkanes) is 2. The minimum atomic E-state index is -0.379. The fraction of sp³-hybridized carbons (Fsp3) is 0.667. The summed E-state index contributed by atoms with van der Waals surface area (Å²) in [5.74, 6) is 5.88. The van der Waals surface area contributed by atoms with E-state index in [2.05, 4.69) is 31.1 Å². The first-order valence-electron chi connectivity index (χ1n) is 7.33. The number of nitrogens with one attached hydrogen (secondary N) is 1. The number of carbonyl (C=O) groups excluding carboxylic acids is 1. The van der Waals surface area contributed by atoms with Crippen molar-refractivity contribution in [3.05, 3.63) is 23.2 Å². The van der Waals surface area contributed by atoms with Crippen molar-refractivity contribution in [2.24, 2.45) is 5.84 Å². The van der Waals surface area contributed by atoms with Crippen LogP contribution in [0.4, 0.5) is 0 Å². The van der Waals surface area contributed by atoms with Gasteiger partial charge in [0.2, 0.25) is 0 Å².